The fraction of sp³-hybridized carbons (Fsp3) is 0.562. The molecule has 0 radical (unpaired) electrons. The van der Waals surface area contributed by atoms with Gasteiger partial charge in [-0.1, -0.05) is 24.6 Å². The van der Waals surface area contributed by atoms with Gasteiger partial charge in [0.25, 0.3) is 0 Å². The first kappa shape index (κ1) is 20.6. The predicted octanol–water partition coefficient (Wildman–Crippen LogP) is 3.04. The molecule has 1 aromatic carbocycles. The standard InChI is InChI=1S/C16H21F3N2O2.ClH/c17-16(18,19)23-14-7-2-1-4-11(14)8-9-21-15(22)13-6-3-5-12(13)10-20;/h1-2,4,7,12-13H,3,5-6,8-10,20H2,(H,21,22);1H/t12-,13-;/m1./s1. The number of hydrogen-bond donors (Lipinski definition) is 2. The minimum Gasteiger partial charge on any atom is -0.406 e. The van der Waals surface area contributed by atoms with Gasteiger partial charge in [0.1, 0.15) is 5.75 Å². The van der Waals surface area contributed by atoms with Crippen molar-refractivity contribution in [3.05, 3.63) is 29.8 Å². The molecular weight excluding hydrogens is 345 g/mol. The Morgan fingerprint density at radius 2 is 2.00 bits per heavy atom. The number of benzene rings is 1. The summed E-state index contributed by atoms with van der Waals surface area (Å²) in [7, 11) is 0. The van der Waals surface area contributed by atoms with Crippen molar-refractivity contribution < 1.29 is 22.7 Å². The second-order valence-electron chi connectivity index (χ2n) is 5.73. The van der Waals surface area contributed by atoms with Crippen molar-refractivity contribution in [2.45, 2.75) is 32.0 Å². The van der Waals surface area contributed by atoms with Gasteiger partial charge < -0.3 is 15.8 Å². The van der Waals surface area contributed by atoms with Crippen molar-refractivity contribution in [3.63, 3.8) is 0 Å². The first-order valence-corrected chi connectivity index (χ1v) is 7.72. The van der Waals surface area contributed by atoms with Gasteiger partial charge >= 0.3 is 6.36 Å². The summed E-state index contributed by atoms with van der Waals surface area (Å²) in [6.45, 7) is 0.755. The number of nitrogens with two attached hydrogens (primary N) is 1. The number of hydrogen-bond acceptors (Lipinski definition) is 3. The molecule has 0 bridgehead atoms. The summed E-state index contributed by atoms with van der Waals surface area (Å²) in [6.07, 6.45) is -1.68. The molecule has 2 rings (SSSR count). The highest BCUT2D eigenvalue weighted by molar-refractivity contribution is 5.85. The highest BCUT2D eigenvalue weighted by Gasteiger charge is 2.33. The average Bonchev–Trinajstić information content (AvgIpc) is 2.96. The molecular formula is C16H22ClF3N2O2. The van der Waals surface area contributed by atoms with Gasteiger partial charge in [0.2, 0.25) is 5.91 Å². The van der Waals surface area contributed by atoms with Crippen LogP contribution in [0.15, 0.2) is 24.3 Å². The van der Waals surface area contributed by atoms with Crippen LogP contribution in [0.25, 0.3) is 0 Å². The molecule has 0 aromatic heterocycles. The van der Waals surface area contributed by atoms with Gasteiger partial charge in [-0.2, -0.15) is 0 Å². The van der Waals surface area contributed by atoms with Crippen LogP contribution in [-0.4, -0.2) is 25.4 Å². The average molecular weight is 367 g/mol. The fourth-order valence-electron chi connectivity index (χ4n) is 3.05. The van der Waals surface area contributed by atoms with E-state index >= 15 is 0 Å². The van der Waals surface area contributed by atoms with Crippen LogP contribution >= 0.6 is 12.4 Å². The Kier molecular flexibility index (Phi) is 7.83. The van der Waals surface area contributed by atoms with Gasteiger partial charge in [-0.25, -0.2) is 0 Å². The Hall–Kier alpha value is -1.47. The largest absolute Gasteiger partial charge is 0.573 e. The number of halogens is 4. The molecule has 2 atom stereocenters. The first-order valence-electron chi connectivity index (χ1n) is 7.72. The van der Waals surface area contributed by atoms with E-state index in [4.69, 9.17) is 5.73 Å². The zero-order chi connectivity index (χ0) is 16.9. The van der Waals surface area contributed by atoms with E-state index in [1.165, 1.54) is 12.1 Å². The van der Waals surface area contributed by atoms with E-state index in [1.807, 2.05) is 0 Å². The zero-order valence-corrected chi connectivity index (χ0v) is 14.0. The maximum absolute atomic E-state index is 12.4. The summed E-state index contributed by atoms with van der Waals surface area (Å²) in [5.74, 6) is -0.167. The molecule has 4 nitrogen and oxygen atoms in total. The number of para-hydroxylation sites is 1. The topological polar surface area (TPSA) is 64.4 Å². The maximum Gasteiger partial charge on any atom is 0.573 e. The van der Waals surface area contributed by atoms with Gasteiger partial charge in [-0.15, -0.1) is 25.6 Å². The zero-order valence-electron chi connectivity index (χ0n) is 13.1. The van der Waals surface area contributed by atoms with Gasteiger partial charge in [0.15, 0.2) is 0 Å². The third-order valence-corrected chi connectivity index (χ3v) is 4.19. The van der Waals surface area contributed by atoms with Gasteiger partial charge in [-0.05, 0) is 43.4 Å². The molecule has 8 heteroatoms. The van der Waals surface area contributed by atoms with Crippen LogP contribution in [0, 0.1) is 11.8 Å². The van der Waals surface area contributed by atoms with Crippen LogP contribution < -0.4 is 15.8 Å². The second kappa shape index (κ2) is 9.13. The number of nitrogens with one attached hydrogen (secondary N) is 1. The molecule has 1 fully saturated rings. The monoisotopic (exact) mass is 366 g/mol. The number of carbonyl (C=O) groups is 1. The molecule has 1 aliphatic rings. The van der Waals surface area contributed by atoms with Crippen LogP contribution in [0.1, 0.15) is 24.8 Å². The van der Waals surface area contributed by atoms with Crippen LogP contribution in [0.5, 0.6) is 5.75 Å². The van der Waals surface area contributed by atoms with Crippen LogP contribution in [-0.2, 0) is 11.2 Å². The Morgan fingerprint density at radius 3 is 2.67 bits per heavy atom. The van der Waals surface area contributed by atoms with Crippen molar-refractivity contribution in [1.29, 1.82) is 0 Å². The molecule has 0 saturated heterocycles. The third-order valence-electron chi connectivity index (χ3n) is 4.19. The molecule has 24 heavy (non-hydrogen) atoms. The minimum absolute atomic E-state index is 0. The number of rotatable bonds is 6. The van der Waals surface area contributed by atoms with E-state index in [0.717, 1.165) is 19.3 Å². The van der Waals surface area contributed by atoms with E-state index in [-0.39, 0.29) is 48.9 Å². The molecule has 1 amide bonds. The van der Waals surface area contributed by atoms with Crippen LogP contribution in [0.3, 0.4) is 0 Å². The lowest BCUT2D eigenvalue weighted by atomic mass is 9.95. The van der Waals surface area contributed by atoms with E-state index < -0.39 is 6.36 Å². The third kappa shape index (κ3) is 5.87. The molecule has 0 unspecified atom stereocenters. The van der Waals surface area contributed by atoms with Crippen molar-refractivity contribution in [2.24, 2.45) is 17.6 Å². The lowest BCUT2D eigenvalue weighted by molar-refractivity contribution is -0.274. The van der Waals surface area contributed by atoms with Gasteiger partial charge in [-0.3, -0.25) is 4.79 Å². The van der Waals surface area contributed by atoms with E-state index in [1.54, 1.807) is 12.1 Å². The Labute approximate surface area is 145 Å². The number of ether oxygens (including phenoxy) is 1. The highest BCUT2D eigenvalue weighted by atomic mass is 35.5. The summed E-state index contributed by atoms with van der Waals surface area (Å²) in [6, 6.07) is 5.95. The molecule has 3 N–H and O–H groups in total. The van der Waals surface area contributed by atoms with Crippen LogP contribution in [0.4, 0.5) is 13.2 Å². The molecule has 0 spiro atoms. The SMILES string of the molecule is Cl.NC[C@H]1CCC[C@H]1C(=O)NCCc1ccccc1OC(F)(F)F. The lowest BCUT2D eigenvalue weighted by Crippen LogP contribution is -2.36. The van der Waals surface area contributed by atoms with E-state index in [0.29, 0.717) is 12.1 Å². The summed E-state index contributed by atoms with van der Waals surface area (Å²) >= 11 is 0. The Morgan fingerprint density at radius 1 is 1.29 bits per heavy atom. The summed E-state index contributed by atoms with van der Waals surface area (Å²) < 4.78 is 41.1. The highest BCUT2D eigenvalue weighted by Crippen LogP contribution is 2.31. The number of carbonyl (C=O) groups excluding carboxylic acids is 1. The van der Waals surface area contributed by atoms with E-state index in [9.17, 15) is 18.0 Å². The van der Waals surface area contributed by atoms with E-state index in [2.05, 4.69) is 10.1 Å². The number of alkyl halides is 3. The quantitative estimate of drug-likeness (QED) is 0.813. The predicted molar refractivity (Wildman–Crippen MR) is 87.0 cm³/mol. The van der Waals surface area contributed by atoms with Crippen LogP contribution in [0.2, 0.25) is 0 Å². The van der Waals surface area contributed by atoms with Crippen molar-refractivity contribution >= 4 is 18.3 Å². The summed E-state index contributed by atoms with van der Waals surface area (Å²) in [5.41, 5.74) is 6.07. The molecule has 0 heterocycles. The maximum atomic E-state index is 12.4. The first-order chi connectivity index (χ1) is 10.9. The van der Waals surface area contributed by atoms with Gasteiger partial charge in [0.05, 0.1) is 0 Å². The molecule has 1 aliphatic carbocycles. The molecule has 1 saturated carbocycles. The molecule has 136 valence electrons. The fourth-order valence-corrected chi connectivity index (χ4v) is 3.05. The smallest absolute Gasteiger partial charge is 0.406 e. The molecule has 0 aliphatic heterocycles. The summed E-state index contributed by atoms with van der Waals surface area (Å²) in [4.78, 5) is 12.1. The van der Waals surface area contributed by atoms with Gasteiger partial charge in [0, 0.05) is 12.5 Å². The van der Waals surface area contributed by atoms with Crippen molar-refractivity contribution in [1.82, 2.24) is 5.32 Å². The second-order valence-corrected chi connectivity index (χ2v) is 5.73. The molecule has 1 aromatic rings. The number of amides is 1. The summed E-state index contributed by atoms with van der Waals surface area (Å²) in [5, 5.41) is 2.80. The van der Waals surface area contributed by atoms with Crippen molar-refractivity contribution in [2.75, 3.05) is 13.1 Å². The Bertz CT molecular complexity index is 540. The Balaban J connectivity index is 0.00000288. The minimum atomic E-state index is -4.72. The van der Waals surface area contributed by atoms with Crippen molar-refractivity contribution in [3.8, 4) is 5.75 Å². The lowest BCUT2D eigenvalue weighted by Gasteiger charge is -2.18. The normalized spacial score (nSPS) is 20.3.